The van der Waals surface area contributed by atoms with Crippen molar-refractivity contribution in [3.8, 4) is 0 Å². The molecule has 2 aromatic heterocycles. The van der Waals surface area contributed by atoms with E-state index in [1.54, 1.807) is 20.8 Å². The monoisotopic (exact) mass is 371 g/mol. The van der Waals surface area contributed by atoms with Gasteiger partial charge in [0.1, 0.15) is 11.4 Å². The molecular weight excluding hydrogens is 350 g/mol. The molecule has 1 amide bonds. The highest BCUT2D eigenvalue weighted by molar-refractivity contribution is 7.17. The number of nitrogens with zero attached hydrogens (tertiary/aromatic N) is 2. The molecule has 0 radical (unpaired) electrons. The first-order valence-electron chi connectivity index (χ1n) is 8.37. The minimum atomic E-state index is -0.415. The zero-order valence-corrected chi connectivity index (χ0v) is 16.0. The second-order valence-electron chi connectivity index (χ2n) is 6.44. The summed E-state index contributed by atoms with van der Waals surface area (Å²) >= 11 is 1.13. The van der Waals surface area contributed by atoms with Gasteiger partial charge in [-0.2, -0.15) is 0 Å². The molecule has 7 heteroatoms. The number of amides is 1. The summed E-state index contributed by atoms with van der Waals surface area (Å²) in [5.74, 6) is -0.608. The third kappa shape index (κ3) is 3.94. The second kappa shape index (κ2) is 7.29. The van der Waals surface area contributed by atoms with E-state index in [-0.39, 0.29) is 18.6 Å². The smallest absolute Gasteiger partial charge is 0.350 e. The summed E-state index contributed by atoms with van der Waals surface area (Å²) in [6.07, 6.45) is 1.69. The molecule has 0 aliphatic heterocycles. The third-order valence-corrected chi connectivity index (χ3v) is 4.86. The molecule has 0 bridgehead atoms. The fourth-order valence-corrected chi connectivity index (χ4v) is 3.54. The Bertz CT molecular complexity index is 972. The van der Waals surface area contributed by atoms with Gasteiger partial charge >= 0.3 is 5.97 Å². The van der Waals surface area contributed by atoms with Crippen molar-refractivity contribution in [2.75, 3.05) is 5.32 Å². The first-order valence-corrected chi connectivity index (χ1v) is 9.19. The molecule has 0 atom stereocenters. The molecule has 2 heterocycles. The van der Waals surface area contributed by atoms with Gasteiger partial charge in [-0.25, -0.2) is 9.78 Å². The van der Waals surface area contributed by atoms with Crippen molar-refractivity contribution in [2.24, 2.45) is 0 Å². The summed E-state index contributed by atoms with van der Waals surface area (Å²) < 4.78 is 7.08. The number of hydrogen-bond acceptors (Lipinski definition) is 5. The van der Waals surface area contributed by atoms with E-state index in [2.05, 4.69) is 16.4 Å². The summed E-state index contributed by atoms with van der Waals surface area (Å²) in [5, 5.41) is 4.26. The maximum atomic E-state index is 12.4. The van der Waals surface area contributed by atoms with Crippen molar-refractivity contribution in [1.29, 1.82) is 0 Å². The molecule has 3 aromatic rings. The topological polar surface area (TPSA) is 73.2 Å². The van der Waals surface area contributed by atoms with Crippen molar-refractivity contribution in [3.63, 3.8) is 0 Å². The largest absolute Gasteiger partial charge is 0.459 e. The number of rotatable bonds is 5. The van der Waals surface area contributed by atoms with Crippen LogP contribution in [0.4, 0.5) is 5.13 Å². The molecule has 1 N–H and O–H groups in total. The zero-order valence-electron chi connectivity index (χ0n) is 15.2. The van der Waals surface area contributed by atoms with E-state index in [0.717, 1.165) is 22.2 Å². The number of nitrogens with one attached hydrogen (secondary N) is 1. The Balaban J connectivity index is 1.71. The van der Waals surface area contributed by atoms with Crippen LogP contribution in [-0.4, -0.2) is 27.5 Å². The number of aromatic nitrogens is 2. The Hall–Kier alpha value is -2.67. The number of anilines is 1. The molecule has 136 valence electrons. The van der Waals surface area contributed by atoms with Gasteiger partial charge in [-0.3, -0.25) is 4.79 Å². The highest BCUT2D eigenvalue weighted by atomic mass is 32.1. The molecule has 0 spiro atoms. The minimum Gasteiger partial charge on any atom is -0.459 e. The zero-order chi connectivity index (χ0) is 18.8. The predicted octanol–water partition coefficient (Wildman–Crippen LogP) is 3.92. The Kier molecular flexibility index (Phi) is 5.08. The van der Waals surface area contributed by atoms with Gasteiger partial charge in [0, 0.05) is 11.7 Å². The maximum absolute atomic E-state index is 12.4. The average molecular weight is 371 g/mol. The van der Waals surface area contributed by atoms with Crippen molar-refractivity contribution >= 4 is 39.2 Å². The van der Waals surface area contributed by atoms with E-state index in [9.17, 15) is 9.59 Å². The maximum Gasteiger partial charge on any atom is 0.350 e. The number of fused-ring (bicyclic) bond motifs is 1. The van der Waals surface area contributed by atoms with Gasteiger partial charge < -0.3 is 14.6 Å². The highest BCUT2D eigenvalue weighted by Gasteiger charge is 2.19. The molecule has 0 aliphatic carbocycles. The normalized spacial score (nSPS) is 11.1. The molecule has 0 fully saturated rings. The number of esters is 1. The summed E-state index contributed by atoms with van der Waals surface area (Å²) in [7, 11) is 0. The number of carbonyl (C=O) groups excluding carboxylic acids is 2. The van der Waals surface area contributed by atoms with Gasteiger partial charge in [0.25, 0.3) is 0 Å². The molecular formula is C19H21N3O3S. The van der Waals surface area contributed by atoms with E-state index in [1.807, 2.05) is 35.9 Å². The lowest BCUT2D eigenvalue weighted by atomic mass is 10.2. The number of hydrogen-bond donors (Lipinski definition) is 1. The van der Waals surface area contributed by atoms with Gasteiger partial charge in [0.15, 0.2) is 5.13 Å². The van der Waals surface area contributed by atoms with E-state index >= 15 is 0 Å². The van der Waals surface area contributed by atoms with Crippen molar-refractivity contribution in [1.82, 2.24) is 9.55 Å². The van der Waals surface area contributed by atoms with Crippen molar-refractivity contribution in [2.45, 2.75) is 40.3 Å². The molecule has 26 heavy (non-hydrogen) atoms. The highest BCUT2D eigenvalue weighted by Crippen LogP contribution is 2.24. The Morgan fingerprint density at radius 3 is 2.77 bits per heavy atom. The van der Waals surface area contributed by atoms with Crippen LogP contribution in [0.2, 0.25) is 0 Å². The van der Waals surface area contributed by atoms with Gasteiger partial charge in [-0.15, -0.1) is 0 Å². The molecule has 0 unspecified atom stereocenters. The van der Waals surface area contributed by atoms with E-state index in [0.29, 0.717) is 15.7 Å². The molecule has 6 nitrogen and oxygen atoms in total. The van der Waals surface area contributed by atoms with Crippen LogP contribution in [0, 0.1) is 13.8 Å². The minimum absolute atomic E-state index is 0.178. The van der Waals surface area contributed by atoms with Crippen LogP contribution in [-0.2, 0) is 16.1 Å². The number of aryl methyl sites for hydroxylation is 2. The molecule has 0 saturated carbocycles. The number of benzene rings is 1. The molecule has 0 aliphatic rings. The van der Waals surface area contributed by atoms with Crippen LogP contribution in [0.25, 0.3) is 10.9 Å². The lowest BCUT2D eigenvalue weighted by Gasteiger charge is -2.06. The first kappa shape index (κ1) is 18.1. The Labute approximate surface area is 155 Å². The van der Waals surface area contributed by atoms with Crippen LogP contribution in [0.15, 0.2) is 30.5 Å². The number of ether oxygens (including phenoxy) is 1. The summed E-state index contributed by atoms with van der Waals surface area (Å²) in [4.78, 5) is 29.1. The predicted molar refractivity (Wildman–Crippen MR) is 103 cm³/mol. The fraction of sp³-hybridized carbons (Fsp3) is 0.316. The quantitative estimate of drug-likeness (QED) is 0.690. The molecule has 0 saturated heterocycles. The summed E-state index contributed by atoms with van der Waals surface area (Å²) in [5.41, 5.74) is 2.74. The van der Waals surface area contributed by atoms with Gasteiger partial charge in [0.05, 0.1) is 11.8 Å². The molecule has 1 aromatic carbocycles. The second-order valence-corrected chi connectivity index (χ2v) is 7.44. The van der Waals surface area contributed by atoms with Crippen LogP contribution in [0.1, 0.15) is 34.8 Å². The fourth-order valence-electron chi connectivity index (χ4n) is 2.68. The SMILES string of the molecule is Cc1ccc2c(ccn2CC(=O)Nc2nc(C)c(C(=O)OC(C)C)s2)c1. The van der Waals surface area contributed by atoms with Crippen LogP contribution in [0.3, 0.4) is 0 Å². The van der Waals surface area contributed by atoms with E-state index in [4.69, 9.17) is 4.74 Å². The number of carbonyl (C=O) groups is 2. The van der Waals surface area contributed by atoms with Crippen molar-refractivity contribution < 1.29 is 14.3 Å². The van der Waals surface area contributed by atoms with Crippen molar-refractivity contribution in [3.05, 3.63) is 46.6 Å². The van der Waals surface area contributed by atoms with Crippen LogP contribution in [0.5, 0.6) is 0 Å². The van der Waals surface area contributed by atoms with Gasteiger partial charge in [0.2, 0.25) is 5.91 Å². The van der Waals surface area contributed by atoms with Crippen LogP contribution < -0.4 is 5.32 Å². The van der Waals surface area contributed by atoms with E-state index in [1.165, 1.54) is 5.56 Å². The lowest BCUT2D eigenvalue weighted by Crippen LogP contribution is -2.18. The molecule has 3 rings (SSSR count). The number of thiazole rings is 1. The average Bonchev–Trinajstić information content (AvgIpc) is 3.10. The third-order valence-electron chi connectivity index (χ3n) is 3.81. The standard InChI is InChI=1S/C19H21N3O3S/c1-11(2)25-18(24)17-13(4)20-19(26-17)21-16(23)10-22-8-7-14-9-12(3)5-6-15(14)22/h5-9,11H,10H2,1-4H3,(H,20,21,23). The Morgan fingerprint density at radius 1 is 1.27 bits per heavy atom. The van der Waals surface area contributed by atoms with Gasteiger partial charge in [-0.05, 0) is 51.3 Å². The Morgan fingerprint density at radius 2 is 2.04 bits per heavy atom. The summed E-state index contributed by atoms with van der Waals surface area (Å²) in [6.45, 7) is 7.53. The van der Waals surface area contributed by atoms with Gasteiger partial charge in [-0.1, -0.05) is 23.0 Å². The van der Waals surface area contributed by atoms with Crippen LogP contribution >= 0.6 is 11.3 Å². The summed E-state index contributed by atoms with van der Waals surface area (Å²) in [6, 6.07) is 8.10. The first-order chi connectivity index (χ1) is 12.3. The van der Waals surface area contributed by atoms with E-state index < -0.39 is 5.97 Å². The lowest BCUT2D eigenvalue weighted by molar-refractivity contribution is -0.116.